The van der Waals surface area contributed by atoms with Crippen LogP contribution in [0, 0.1) is 5.41 Å². The first-order valence-corrected chi connectivity index (χ1v) is 8.86. The number of amides is 1. The molecule has 1 aliphatic carbocycles. The molecule has 1 aromatic heterocycles. The molecule has 2 heterocycles. The van der Waals surface area contributed by atoms with Gasteiger partial charge in [0.25, 0.3) is 0 Å². The van der Waals surface area contributed by atoms with Crippen molar-refractivity contribution in [2.75, 3.05) is 18.4 Å². The summed E-state index contributed by atoms with van der Waals surface area (Å²) in [7, 11) is 0. The molecule has 1 aliphatic heterocycles. The molecule has 1 aromatic rings. The van der Waals surface area contributed by atoms with Crippen LogP contribution in [0.5, 0.6) is 0 Å². The Morgan fingerprint density at radius 1 is 1.38 bits per heavy atom. The summed E-state index contributed by atoms with van der Waals surface area (Å²) < 4.78 is 5.46. The zero-order valence-electron chi connectivity index (χ0n) is 14.5. The van der Waals surface area contributed by atoms with E-state index in [1.165, 1.54) is 0 Å². The van der Waals surface area contributed by atoms with Crippen LogP contribution in [0.1, 0.15) is 46.5 Å². The summed E-state index contributed by atoms with van der Waals surface area (Å²) in [6.07, 6.45) is 5.75. The van der Waals surface area contributed by atoms with Gasteiger partial charge in [-0.25, -0.2) is 14.8 Å². The van der Waals surface area contributed by atoms with Gasteiger partial charge >= 0.3 is 6.09 Å². The van der Waals surface area contributed by atoms with E-state index in [-0.39, 0.29) is 11.4 Å². The van der Waals surface area contributed by atoms with Crippen molar-refractivity contribution >= 4 is 23.5 Å². The maximum absolute atomic E-state index is 12.1. The first kappa shape index (κ1) is 17.3. The highest BCUT2D eigenvalue weighted by Crippen LogP contribution is 2.50. The molecule has 2 aliphatic rings. The molecule has 6 nitrogen and oxygen atoms in total. The maximum atomic E-state index is 12.1. The number of aromatic nitrogens is 2. The van der Waals surface area contributed by atoms with Crippen LogP contribution in [0.4, 0.5) is 10.6 Å². The fraction of sp³-hybridized carbons (Fsp3) is 0.706. The molecule has 2 fully saturated rings. The molecule has 1 saturated carbocycles. The lowest BCUT2D eigenvalue weighted by Gasteiger charge is -2.52. The molecule has 1 saturated heterocycles. The minimum absolute atomic E-state index is 0.193. The number of hydrogen-bond donors (Lipinski definition) is 1. The molecular weight excluding hydrogens is 328 g/mol. The third kappa shape index (κ3) is 4.09. The van der Waals surface area contributed by atoms with E-state index in [1.54, 1.807) is 6.20 Å². The lowest BCUT2D eigenvalue weighted by molar-refractivity contribution is -0.00862. The molecule has 132 valence electrons. The van der Waals surface area contributed by atoms with Gasteiger partial charge in [-0.1, -0.05) is 0 Å². The third-order valence-corrected chi connectivity index (χ3v) is 4.99. The van der Waals surface area contributed by atoms with Gasteiger partial charge in [0.2, 0.25) is 5.28 Å². The predicted molar refractivity (Wildman–Crippen MR) is 93.2 cm³/mol. The maximum Gasteiger partial charge on any atom is 0.410 e. The van der Waals surface area contributed by atoms with Crippen LogP contribution in [0.2, 0.25) is 5.28 Å². The summed E-state index contributed by atoms with van der Waals surface area (Å²) in [6.45, 7) is 7.26. The zero-order chi connectivity index (χ0) is 17.4. The highest BCUT2D eigenvalue weighted by molar-refractivity contribution is 6.28. The van der Waals surface area contributed by atoms with Crippen molar-refractivity contribution in [1.82, 2.24) is 14.9 Å². The summed E-state index contributed by atoms with van der Waals surface area (Å²) in [6, 6.07) is 2.26. The van der Waals surface area contributed by atoms with Crippen molar-refractivity contribution in [2.45, 2.75) is 58.1 Å². The van der Waals surface area contributed by atoms with Gasteiger partial charge < -0.3 is 15.0 Å². The van der Waals surface area contributed by atoms with Crippen LogP contribution < -0.4 is 5.32 Å². The van der Waals surface area contributed by atoms with Gasteiger partial charge in [0.15, 0.2) is 0 Å². The van der Waals surface area contributed by atoms with E-state index in [1.807, 2.05) is 31.7 Å². The molecule has 3 rings (SSSR count). The highest BCUT2D eigenvalue weighted by atomic mass is 35.5. The molecule has 0 atom stereocenters. The van der Waals surface area contributed by atoms with Crippen molar-refractivity contribution in [3.63, 3.8) is 0 Å². The fourth-order valence-electron chi connectivity index (χ4n) is 3.61. The Kier molecular flexibility index (Phi) is 4.60. The van der Waals surface area contributed by atoms with Crippen LogP contribution in [-0.2, 0) is 4.74 Å². The van der Waals surface area contributed by atoms with E-state index in [9.17, 15) is 4.79 Å². The predicted octanol–water partition coefficient (Wildman–Crippen LogP) is 3.72. The second kappa shape index (κ2) is 6.39. The van der Waals surface area contributed by atoms with Gasteiger partial charge in [0, 0.05) is 25.3 Å². The Balaban J connectivity index is 1.46. The SMILES string of the molecule is CC(C)(C)OC(=O)N1CCC2(CC1)CC(Nc1ccnc(Cl)n1)C2. The number of carbonyl (C=O) groups is 1. The van der Waals surface area contributed by atoms with Crippen molar-refractivity contribution < 1.29 is 9.53 Å². The van der Waals surface area contributed by atoms with Crippen molar-refractivity contribution in [2.24, 2.45) is 5.41 Å². The summed E-state index contributed by atoms with van der Waals surface area (Å²) in [5.74, 6) is 0.779. The standard InChI is InChI=1S/C17H25ClN4O2/c1-16(2,3)24-15(23)22-8-5-17(6-9-22)10-12(11-17)20-13-4-7-19-14(18)21-13/h4,7,12H,5-6,8-11H2,1-3H3,(H,19,20,21). The van der Waals surface area contributed by atoms with Gasteiger partial charge in [-0.05, 0) is 69.5 Å². The Morgan fingerprint density at radius 3 is 2.62 bits per heavy atom. The van der Waals surface area contributed by atoms with Crippen LogP contribution in [0.25, 0.3) is 0 Å². The summed E-state index contributed by atoms with van der Waals surface area (Å²) >= 11 is 5.81. The van der Waals surface area contributed by atoms with E-state index >= 15 is 0 Å². The second-order valence-electron chi connectivity index (χ2n) is 7.93. The zero-order valence-corrected chi connectivity index (χ0v) is 15.3. The van der Waals surface area contributed by atoms with Gasteiger partial charge in [0.1, 0.15) is 11.4 Å². The van der Waals surface area contributed by atoms with Crippen LogP contribution in [-0.4, -0.2) is 45.7 Å². The Bertz CT molecular complexity index is 601. The Morgan fingerprint density at radius 2 is 2.04 bits per heavy atom. The second-order valence-corrected chi connectivity index (χ2v) is 8.27. The largest absolute Gasteiger partial charge is 0.444 e. The molecule has 0 unspecified atom stereocenters. The smallest absolute Gasteiger partial charge is 0.410 e. The lowest BCUT2D eigenvalue weighted by atomic mass is 9.60. The number of anilines is 1. The molecule has 0 radical (unpaired) electrons. The van der Waals surface area contributed by atoms with Crippen LogP contribution >= 0.6 is 11.6 Å². The monoisotopic (exact) mass is 352 g/mol. The summed E-state index contributed by atoms with van der Waals surface area (Å²) in [5, 5.41) is 3.68. The molecule has 0 bridgehead atoms. The number of hydrogen-bond acceptors (Lipinski definition) is 5. The van der Waals surface area contributed by atoms with Gasteiger partial charge in [0.05, 0.1) is 0 Å². The quantitative estimate of drug-likeness (QED) is 0.821. The van der Waals surface area contributed by atoms with Crippen molar-refractivity contribution in [3.8, 4) is 0 Å². The number of likely N-dealkylation sites (tertiary alicyclic amines) is 1. The number of halogens is 1. The topological polar surface area (TPSA) is 67.3 Å². The van der Waals surface area contributed by atoms with Crippen LogP contribution in [0.15, 0.2) is 12.3 Å². The molecular formula is C17H25ClN4O2. The summed E-state index contributed by atoms with van der Waals surface area (Å²) in [4.78, 5) is 22.0. The first-order valence-electron chi connectivity index (χ1n) is 8.48. The molecule has 7 heteroatoms. The molecule has 0 aromatic carbocycles. The molecule has 1 spiro atoms. The van der Waals surface area contributed by atoms with Gasteiger partial charge in [-0.3, -0.25) is 0 Å². The lowest BCUT2D eigenvalue weighted by Crippen LogP contribution is -2.53. The van der Waals surface area contributed by atoms with E-state index in [0.717, 1.165) is 44.6 Å². The van der Waals surface area contributed by atoms with Gasteiger partial charge in [-0.15, -0.1) is 0 Å². The van der Waals surface area contributed by atoms with Crippen molar-refractivity contribution in [1.29, 1.82) is 0 Å². The van der Waals surface area contributed by atoms with E-state index in [4.69, 9.17) is 16.3 Å². The van der Waals surface area contributed by atoms with E-state index < -0.39 is 5.60 Å². The van der Waals surface area contributed by atoms with E-state index in [2.05, 4.69) is 15.3 Å². The number of ether oxygens (including phenoxy) is 1. The Hall–Kier alpha value is -1.56. The number of nitrogens with one attached hydrogen (secondary N) is 1. The number of piperidine rings is 1. The summed E-state index contributed by atoms with van der Waals surface area (Å²) in [5.41, 5.74) is -0.0798. The average Bonchev–Trinajstić information content (AvgIpc) is 2.44. The molecule has 1 N–H and O–H groups in total. The number of rotatable bonds is 2. The first-order chi connectivity index (χ1) is 11.2. The molecule has 1 amide bonds. The fourth-order valence-corrected chi connectivity index (χ4v) is 3.76. The number of carbonyl (C=O) groups excluding carboxylic acids is 1. The molecule has 24 heavy (non-hydrogen) atoms. The third-order valence-electron chi connectivity index (χ3n) is 4.81. The van der Waals surface area contributed by atoms with E-state index in [0.29, 0.717) is 11.5 Å². The van der Waals surface area contributed by atoms with Crippen LogP contribution in [0.3, 0.4) is 0 Å². The average molecular weight is 353 g/mol. The minimum atomic E-state index is -0.434. The highest BCUT2D eigenvalue weighted by Gasteiger charge is 2.46. The van der Waals surface area contributed by atoms with Crippen molar-refractivity contribution in [3.05, 3.63) is 17.5 Å². The van der Waals surface area contributed by atoms with Gasteiger partial charge in [-0.2, -0.15) is 0 Å². The minimum Gasteiger partial charge on any atom is -0.444 e. The normalized spacial score (nSPS) is 20.6. The Labute approximate surface area is 147 Å². The number of nitrogens with zero attached hydrogens (tertiary/aromatic N) is 3.